The third-order valence-corrected chi connectivity index (χ3v) is 2.05. The maximum atomic E-state index is 10.6. The molecule has 92 valence electrons. The van der Waals surface area contributed by atoms with E-state index in [4.69, 9.17) is 15.9 Å². The summed E-state index contributed by atoms with van der Waals surface area (Å²) in [6.45, 7) is 0. The van der Waals surface area contributed by atoms with Gasteiger partial charge in [0, 0.05) is 5.69 Å². The van der Waals surface area contributed by atoms with E-state index in [0.717, 1.165) is 0 Å². The Balaban J connectivity index is 2.91. The quantitative estimate of drug-likeness (QED) is 0.490. The first-order valence-electron chi connectivity index (χ1n) is 4.67. The first-order chi connectivity index (χ1) is 7.91. The van der Waals surface area contributed by atoms with Crippen LogP contribution in [-0.4, -0.2) is 33.4 Å². The highest BCUT2D eigenvalue weighted by molar-refractivity contribution is 5.87. The number of aliphatic carboxylic acids is 1. The summed E-state index contributed by atoms with van der Waals surface area (Å²) < 4.78 is 0. The average molecular weight is 240 g/mol. The van der Waals surface area contributed by atoms with Gasteiger partial charge in [-0.1, -0.05) is 12.1 Å². The Labute approximate surface area is 96.5 Å². The third-order valence-electron chi connectivity index (χ3n) is 2.05. The van der Waals surface area contributed by atoms with Crippen LogP contribution in [0.3, 0.4) is 0 Å². The fraction of sp³-hybridized carbons (Fsp3) is 0.200. The number of primary amides is 1. The molecule has 1 aromatic carbocycles. The Morgan fingerprint density at radius 1 is 1.29 bits per heavy atom. The molecule has 6 N–H and O–H groups in total. The Morgan fingerprint density at radius 2 is 1.94 bits per heavy atom. The number of rotatable bonds is 4. The molecule has 0 aliphatic carbocycles. The van der Waals surface area contributed by atoms with E-state index >= 15 is 0 Å². The molecule has 0 bridgehead atoms. The molecule has 0 heterocycles. The topological polar surface area (TPSA) is 133 Å². The van der Waals surface area contributed by atoms with Crippen molar-refractivity contribution in [1.29, 1.82) is 0 Å². The number of nitrogens with two attached hydrogens (primary N) is 1. The van der Waals surface area contributed by atoms with Gasteiger partial charge in [0.15, 0.2) is 6.10 Å². The van der Waals surface area contributed by atoms with Crippen molar-refractivity contribution in [2.75, 3.05) is 5.32 Å². The van der Waals surface area contributed by atoms with E-state index in [2.05, 4.69) is 5.32 Å². The zero-order chi connectivity index (χ0) is 13.0. The maximum absolute atomic E-state index is 10.6. The lowest BCUT2D eigenvalue weighted by atomic mass is 10.0. The molecular formula is C10H12N2O5. The molecule has 0 aromatic heterocycles. The van der Waals surface area contributed by atoms with Gasteiger partial charge in [-0.25, -0.2) is 9.59 Å². The Hall–Kier alpha value is -2.12. The van der Waals surface area contributed by atoms with Crippen molar-refractivity contribution in [2.45, 2.75) is 12.2 Å². The molecule has 0 spiro atoms. The number of hydrogen-bond acceptors (Lipinski definition) is 4. The van der Waals surface area contributed by atoms with Crippen molar-refractivity contribution >= 4 is 17.7 Å². The molecule has 1 aromatic rings. The SMILES string of the molecule is NC(=O)Nc1cccc(C(O)C(O)C(=O)O)c1. The van der Waals surface area contributed by atoms with Gasteiger partial charge < -0.3 is 26.4 Å². The van der Waals surface area contributed by atoms with Gasteiger partial charge in [0.05, 0.1) is 0 Å². The van der Waals surface area contributed by atoms with Crippen LogP contribution in [0.5, 0.6) is 0 Å². The van der Waals surface area contributed by atoms with Gasteiger partial charge in [0.2, 0.25) is 0 Å². The number of amides is 2. The van der Waals surface area contributed by atoms with E-state index in [0.29, 0.717) is 5.69 Å². The molecular weight excluding hydrogens is 228 g/mol. The normalized spacial score (nSPS) is 13.8. The van der Waals surface area contributed by atoms with Crippen molar-refractivity contribution in [1.82, 2.24) is 0 Å². The Bertz CT molecular complexity index is 434. The number of urea groups is 1. The van der Waals surface area contributed by atoms with Crippen LogP contribution in [0.25, 0.3) is 0 Å². The predicted molar refractivity (Wildman–Crippen MR) is 58.3 cm³/mol. The molecule has 2 unspecified atom stereocenters. The smallest absolute Gasteiger partial charge is 0.335 e. The lowest BCUT2D eigenvalue weighted by molar-refractivity contribution is -0.153. The van der Waals surface area contributed by atoms with Crippen LogP contribution in [0.4, 0.5) is 10.5 Å². The predicted octanol–water partition coefficient (Wildman–Crippen LogP) is -0.344. The Morgan fingerprint density at radius 3 is 2.47 bits per heavy atom. The van der Waals surface area contributed by atoms with E-state index in [1.54, 1.807) is 0 Å². The van der Waals surface area contributed by atoms with Gasteiger partial charge in [0.25, 0.3) is 0 Å². The van der Waals surface area contributed by atoms with Crippen LogP contribution in [0.2, 0.25) is 0 Å². The minimum absolute atomic E-state index is 0.158. The highest BCUT2D eigenvalue weighted by Gasteiger charge is 2.25. The van der Waals surface area contributed by atoms with E-state index in [-0.39, 0.29) is 5.56 Å². The van der Waals surface area contributed by atoms with Crippen LogP contribution >= 0.6 is 0 Å². The number of carboxylic acids is 1. The van der Waals surface area contributed by atoms with E-state index in [1.807, 2.05) is 0 Å². The minimum Gasteiger partial charge on any atom is -0.479 e. The van der Waals surface area contributed by atoms with Crippen molar-refractivity contribution < 1.29 is 24.9 Å². The number of carboxylic acid groups (broad SMARTS) is 1. The molecule has 0 aliphatic heterocycles. The number of anilines is 1. The molecule has 0 radical (unpaired) electrons. The van der Waals surface area contributed by atoms with E-state index in [1.165, 1.54) is 24.3 Å². The summed E-state index contributed by atoms with van der Waals surface area (Å²) in [5, 5.41) is 29.5. The first-order valence-corrected chi connectivity index (χ1v) is 4.67. The number of benzene rings is 1. The molecule has 2 amide bonds. The summed E-state index contributed by atoms with van der Waals surface area (Å²) in [4.78, 5) is 21.1. The van der Waals surface area contributed by atoms with Crippen LogP contribution < -0.4 is 11.1 Å². The molecule has 17 heavy (non-hydrogen) atoms. The lowest BCUT2D eigenvalue weighted by Crippen LogP contribution is -2.27. The number of nitrogens with one attached hydrogen (secondary N) is 1. The second kappa shape index (κ2) is 5.28. The average Bonchev–Trinajstić information content (AvgIpc) is 2.26. The molecule has 7 nitrogen and oxygen atoms in total. The zero-order valence-electron chi connectivity index (χ0n) is 8.70. The number of hydrogen-bond donors (Lipinski definition) is 5. The zero-order valence-corrected chi connectivity index (χ0v) is 8.70. The highest BCUT2D eigenvalue weighted by atomic mass is 16.4. The molecule has 0 saturated heterocycles. The van der Waals surface area contributed by atoms with Crippen LogP contribution in [0.15, 0.2) is 24.3 Å². The second-order valence-corrected chi connectivity index (χ2v) is 3.34. The second-order valence-electron chi connectivity index (χ2n) is 3.34. The fourth-order valence-electron chi connectivity index (χ4n) is 1.26. The highest BCUT2D eigenvalue weighted by Crippen LogP contribution is 2.20. The molecule has 2 atom stereocenters. The van der Waals surface area contributed by atoms with Crippen molar-refractivity contribution in [3.63, 3.8) is 0 Å². The third kappa shape index (κ3) is 3.44. The summed E-state index contributed by atoms with van der Waals surface area (Å²) in [5.74, 6) is -1.54. The van der Waals surface area contributed by atoms with Gasteiger partial charge in [-0.15, -0.1) is 0 Å². The summed E-state index contributed by atoms with van der Waals surface area (Å²) in [5.41, 5.74) is 5.36. The number of carbonyl (C=O) groups is 2. The minimum atomic E-state index is -1.93. The molecule has 7 heteroatoms. The van der Waals surface area contributed by atoms with Crippen LogP contribution in [0, 0.1) is 0 Å². The lowest BCUT2D eigenvalue weighted by Gasteiger charge is -2.15. The number of aliphatic hydroxyl groups is 2. The summed E-state index contributed by atoms with van der Waals surface area (Å²) in [6.07, 6.45) is -3.51. The fourth-order valence-corrected chi connectivity index (χ4v) is 1.26. The number of carbonyl (C=O) groups excluding carboxylic acids is 1. The van der Waals surface area contributed by atoms with Crippen LogP contribution in [-0.2, 0) is 4.79 Å². The monoisotopic (exact) mass is 240 g/mol. The summed E-state index contributed by atoms with van der Waals surface area (Å²) in [7, 11) is 0. The first kappa shape index (κ1) is 12.9. The van der Waals surface area contributed by atoms with Crippen LogP contribution in [0.1, 0.15) is 11.7 Å². The molecule has 0 aliphatic rings. The summed E-state index contributed by atoms with van der Waals surface area (Å²) >= 11 is 0. The number of aliphatic hydroxyl groups excluding tert-OH is 2. The van der Waals surface area contributed by atoms with Gasteiger partial charge in [-0.3, -0.25) is 0 Å². The molecule has 1 rings (SSSR count). The van der Waals surface area contributed by atoms with Crippen molar-refractivity contribution in [3.8, 4) is 0 Å². The van der Waals surface area contributed by atoms with Crippen molar-refractivity contribution in [2.24, 2.45) is 5.73 Å². The van der Waals surface area contributed by atoms with E-state index in [9.17, 15) is 14.7 Å². The Kier molecular flexibility index (Phi) is 4.02. The van der Waals surface area contributed by atoms with Gasteiger partial charge in [0.1, 0.15) is 6.10 Å². The standard InChI is InChI=1S/C10H12N2O5/c11-10(17)12-6-3-1-2-5(4-6)7(13)8(14)9(15)16/h1-4,7-8,13-14H,(H,15,16)(H3,11,12,17). The maximum Gasteiger partial charge on any atom is 0.335 e. The van der Waals surface area contributed by atoms with Gasteiger partial charge in [-0.05, 0) is 17.7 Å². The molecule has 0 fully saturated rings. The van der Waals surface area contributed by atoms with Gasteiger partial charge in [-0.2, -0.15) is 0 Å². The summed E-state index contributed by atoms with van der Waals surface area (Å²) in [6, 6.07) is 4.95. The largest absolute Gasteiger partial charge is 0.479 e. The van der Waals surface area contributed by atoms with Crippen molar-refractivity contribution in [3.05, 3.63) is 29.8 Å². The molecule has 0 saturated carbocycles. The van der Waals surface area contributed by atoms with Gasteiger partial charge >= 0.3 is 12.0 Å². The van der Waals surface area contributed by atoms with E-state index < -0.39 is 24.2 Å².